The largest absolute Gasteiger partial charge is 0.493 e. The molecule has 2 aromatic carbocycles. The highest BCUT2D eigenvalue weighted by atomic mass is 32.2. The number of ether oxygens (including phenoxy) is 2. The van der Waals surface area contributed by atoms with Crippen LogP contribution in [0.1, 0.15) is 5.56 Å². The smallest absolute Gasteiger partial charge is 0.264 e. The van der Waals surface area contributed by atoms with Crippen LogP contribution in [0.25, 0.3) is 6.08 Å². The predicted molar refractivity (Wildman–Crippen MR) is 116 cm³/mol. The van der Waals surface area contributed by atoms with Gasteiger partial charge in [0.25, 0.3) is 10.0 Å². The molecule has 9 nitrogen and oxygen atoms in total. The number of methoxy groups -OCH3 is 2. The summed E-state index contributed by atoms with van der Waals surface area (Å²) in [6.45, 7) is 0. The average molecular weight is 440 g/mol. The lowest BCUT2D eigenvalue weighted by atomic mass is 10.2. The minimum atomic E-state index is -3.84. The average Bonchev–Trinajstić information content (AvgIpc) is 2.78. The highest BCUT2D eigenvalue weighted by molar-refractivity contribution is 7.92. The molecule has 31 heavy (non-hydrogen) atoms. The Labute approximate surface area is 179 Å². The number of benzene rings is 2. The highest BCUT2D eigenvalue weighted by Gasteiger charge is 2.15. The van der Waals surface area contributed by atoms with Gasteiger partial charge in [-0.1, -0.05) is 6.07 Å². The molecule has 10 heteroatoms. The van der Waals surface area contributed by atoms with Crippen molar-refractivity contribution in [2.24, 2.45) is 0 Å². The molecule has 0 aliphatic rings. The molecule has 160 valence electrons. The Balaban J connectivity index is 1.64. The van der Waals surface area contributed by atoms with Gasteiger partial charge in [0.2, 0.25) is 11.9 Å². The molecule has 3 rings (SSSR count). The quantitative estimate of drug-likeness (QED) is 0.517. The maximum Gasteiger partial charge on any atom is 0.264 e. The van der Waals surface area contributed by atoms with Crippen LogP contribution < -0.4 is 19.5 Å². The third kappa shape index (κ3) is 5.80. The summed E-state index contributed by atoms with van der Waals surface area (Å²) in [5.41, 5.74) is 1.19. The van der Waals surface area contributed by atoms with Crippen molar-refractivity contribution >= 4 is 33.6 Å². The van der Waals surface area contributed by atoms with Crippen molar-refractivity contribution < 1.29 is 22.7 Å². The lowest BCUT2D eigenvalue weighted by Gasteiger charge is -2.08. The molecule has 0 aliphatic carbocycles. The Morgan fingerprint density at radius 1 is 0.968 bits per heavy atom. The molecule has 0 fully saturated rings. The number of hydrogen-bond acceptors (Lipinski definition) is 7. The Bertz CT molecular complexity index is 1180. The van der Waals surface area contributed by atoms with Crippen LogP contribution in [0.2, 0.25) is 0 Å². The van der Waals surface area contributed by atoms with Crippen molar-refractivity contribution in [2.75, 3.05) is 24.3 Å². The van der Waals surface area contributed by atoms with Crippen molar-refractivity contribution in [1.29, 1.82) is 0 Å². The van der Waals surface area contributed by atoms with Crippen LogP contribution in [0.4, 0.5) is 11.6 Å². The van der Waals surface area contributed by atoms with Crippen LogP contribution in [0, 0.1) is 0 Å². The van der Waals surface area contributed by atoms with E-state index in [0.717, 1.165) is 5.56 Å². The monoisotopic (exact) mass is 440 g/mol. The summed E-state index contributed by atoms with van der Waals surface area (Å²) in [5, 5.41) is 2.67. The molecule has 0 bridgehead atoms. The van der Waals surface area contributed by atoms with E-state index in [1.165, 1.54) is 49.8 Å². The molecule has 3 aromatic rings. The van der Waals surface area contributed by atoms with Gasteiger partial charge in [-0.15, -0.1) is 0 Å². The van der Waals surface area contributed by atoms with Crippen molar-refractivity contribution in [3.63, 3.8) is 0 Å². The normalized spacial score (nSPS) is 11.2. The van der Waals surface area contributed by atoms with Gasteiger partial charge in [-0.2, -0.15) is 0 Å². The van der Waals surface area contributed by atoms with Gasteiger partial charge < -0.3 is 14.8 Å². The Kier molecular flexibility index (Phi) is 6.83. The zero-order valence-electron chi connectivity index (χ0n) is 16.8. The number of carbonyl (C=O) groups excluding carboxylic acids is 1. The number of sulfonamides is 1. The van der Waals surface area contributed by atoms with Gasteiger partial charge in [-0.3, -0.25) is 4.79 Å². The van der Waals surface area contributed by atoms with E-state index in [1.54, 1.807) is 37.5 Å². The van der Waals surface area contributed by atoms with Gasteiger partial charge in [-0.25, -0.2) is 23.1 Å². The van der Waals surface area contributed by atoms with Crippen molar-refractivity contribution in [3.05, 3.63) is 72.6 Å². The summed E-state index contributed by atoms with van der Waals surface area (Å²) in [7, 11) is -0.764. The van der Waals surface area contributed by atoms with E-state index in [9.17, 15) is 13.2 Å². The van der Waals surface area contributed by atoms with E-state index in [0.29, 0.717) is 17.2 Å². The van der Waals surface area contributed by atoms with Crippen molar-refractivity contribution in [2.45, 2.75) is 4.90 Å². The lowest BCUT2D eigenvalue weighted by molar-refractivity contribution is -0.111. The van der Waals surface area contributed by atoms with E-state index in [2.05, 4.69) is 20.0 Å². The topological polar surface area (TPSA) is 120 Å². The SMILES string of the molecule is COc1ccc(C=CC(=O)Nc2ccc(S(=O)(=O)Nc3ncccn3)cc2)cc1OC. The summed E-state index contributed by atoms with van der Waals surface area (Å²) in [6.07, 6.45) is 5.85. The third-order valence-corrected chi connectivity index (χ3v) is 5.40. The van der Waals surface area contributed by atoms with Crippen LogP contribution in [0.5, 0.6) is 11.5 Å². The number of amides is 1. The van der Waals surface area contributed by atoms with Gasteiger partial charge >= 0.3 is 0 Å². The van der Waals surface area contributed by atoms with Crippen molar-refractivity contribution in [3.8, 4) is 11.5 Å². The fourth-order valence-electron chi connectivity index (χ4n) is 2.56. The second-order valence-electron chi connectivity index (χ2n) is 6.14. The number of rotatable bonds is 8. The summed E-state index contributed by atoms with van der Waals surface area (Å²) >= 11 is 0. The van der Waals surface area contributed by atoms with Gasteiger partial charge in [0.05, 0.1) is 19.1 Å². The Hall–Kier alpha value is -3.92. The van der Waals surface area contributed by atoms with Crippen molar-refractivity contribution in [1.82, 2.24) is 9.97 Å². The van der Waals surface area contributed by atoms with Gasteiger partial charge in [0.1, 0.15) is 0 Å². The molecule has 0 saturated carbocycles. The third-order valence-electron chi connectivity index (χ3n) is 4.06. The predicted octanol–water partition coefficient (Wildman–Crippen LogP) is 2.95. The maximum atomic E-state index is 12.4. The molecular formula is C21H20N4O5S. The van der Waals surface area contributed by atoms with E-state index in [-0.39, 0.29) is 16.8 Å². The van der Waals surface area contributed by atoms with E-state index in [4.69, 9.17) is 9.47 Å². The number of carbonyl (C=O) groups is 1. The van der Waals surface area contributed by atoms with Crippen LogP contribution in [-0.2, 0) is 14.8 Å². The highest BCUT2D eigenvalue weighted by Crippen LogP contribution is 2.28. The fraction of sp³-hybridized carbons (Fsp3) is 0.0952. The minimum absolute atomic E-state index is 0.0128. The summed E-state index contributed by atoms with van der Waals surface area (Å²) in [4.78, 5) is 19.9. The second kappa shape index (κ2) is 9.72. The Morgan fingerprint density at radius 3 is 2.29 bits per heavy atom. The van der Waals surface area contributed by atoms with Crippen LogP contribution in [0.3, 0.4) is 0 Å². The number of aromatic nitrogens is 2. The number of hydrogen-bond donors (Lipinski definition) is 2. The zero-order valence-corrected chi connectivity index (χ0v) is 17.6. The van der Waals surface area contributed by atoms with Gasteiger partial charge in [-0.05, 0) is 54.1 Å². The first-order valence-corrected chi connectivity index (χ1v) is 10.5. The second-order valence-corrected chi connectivity index (χ2v) is 7.82. The number of anilines is 2. The lowest BCUT2D eigenvalue weighted by Crippen LogP contribution is -2.15. The van der Waals surface area contributed by atoms with Crippen LogP contribution in [0.15, 0.2) is 71.9 Å². The first-order valence-electron chi connectivity index (χ1n) is 9.02. The summed E-state index contributed by atoms with van der Waals surface area (Å²) in [6, 6.07) is 12.6. The Morgan fingerprint density at radius 2 is 1.65 bits per heavy atom. The molecule has 1 aromatic heterocycles. The number of nitrogens with one attached hydrogen (secondary N) is 2. The van der Waals surface area contributed by atoms with Gasteiger partial charge in [0, 0.05) is 24.2 Å². The molecule has 0 saturated heterocycles. The van der Waals surface area contributed by atoms with Crippen LogP contribution >= 0.6 is 0 Å². The first-order chi connectivity index (χ1) is 14.9. The summed E-state index contributed by atoms with van der Waals surface area (Å²) in [5.74, 6) is 0.741. The van der Waals surface area contributed by atoms with E-state index >= 15 is 0 Å². The molecule has 0 atom stereocenters. The standard InChI is InChI=1S/C21H20N4O5S/c1-29-18-10-4-15(14-19(18)30-2)5-11-20(26)24-16-6-8-17(9-7-16)31(27,28)25-21-22-12-3-13-23-21/h3-14H,1-2H3,(H,24,26)(H,22,23,25). The molecule has 0 unspecified atom stereocenters. The van der Waals surface area contributed by atoms with E-state index in [1.807, 2.05) is 0 Å². The summed E-state index contributed by atoms with van der Waals surface area (Å²) < 4.78 is 37.5. The first kappa shape index (κ1) is 21.8. The minimum Gasteiger partial charge on any atom is -0.493 e. The molecule has 0 spiro atoms. The van der Waals surface area contributed by atoms with Gasteiger partial charge in [0.15, 0.2) is 11.5 Å². The molecule has 0 radical (unpaired) electrons. The molecular weight excluding hydrogens is 420 g/mol. The zero-order chi connectivity index (χ0) is 22.3. The number of nitrogens with zero attached hydrogens (tertiary/aromatic N) is 2. The van der Waals surface area contributed by atoms with Crippen LogP contribution in [-0.4, -0.2) is 38.5 Å². The maximum absolute atomic E-state index is 12.4. The molecule has 2 N–H and O–H groups in total. The molecule has 1 heterocycles. The fourth-order valence-corrected chi connectivity index (χ4v) is 3.52. The molecule has 1 amide bonds. The van der Waals surface area contributed by atoms with E-state index < -0.39 is 10.0 Å². The molecule has 0 aliphatic heterocycles.